The van der Waals surface area contributed by atoms with Crippen LogP contribution in [-0.2, 0) is 9.53 Å². The minimum atomic E-state index is 0.0720. The highest BCUT2D eigenvalue weighted by Gasteiger charge is 2.36. The van der Waals surface area contributed by atoms with Gasteiger partial charge in [0.05, 0.1) is 5.92 Å². The van der Waals surface area contributed by atoms with E-state index < -0.39 is 0 Å². The lowest BCUT2D eigenvalue weighted by atomic mass is 9.69. The molecule has 0 radical (unpaired) electrons. The molecule has 1 rings (SSSR count). The molecule has 0 aromatic carbocycles. The van der Waals surface area contributed by atoms with E-state index in [1.54, 1.807) is 0 Å². The van der Waals surface area contributed by atoms with Gasteiger partial charge in [-0.15, -0.1) is 0 Å². The highest BCUT2D eigenvalue weighted by atomic mass is 16.5. The minimum Gasteiger partial charge on any atom is -0.462 e. The lowest BCUT2D eigenvalue weighted by Gasteiger charge is -2.36. The number of rotatable bonds is 6. The van der Waals surface area contributed by atoms with E-state index in [0.717, 1.165) is 37.5 Å². The van der Waals surface area contributed by atoms with Crippen molar-refractivity contribution in [3.05, 3.63) is 0 Å². The Bertz CT molecular complexity index is 268. The number of hydrogen-bond acceptors (Lipinski definition) is 2. The van der Waals surface area contributed by atoms with Crippen LogP contribution in [0.1, 0.15) is 73.1 Å². The lowest BCUT2D eigenvalue weighted by molar-refractivity contribution is -0.158. The Kier molecular flexibility index (Phi) is 6.88. The van der Waals surface area contributed by atoms with Crippen LogP contribution in [0.2, 0.25) is 0 Å². The van der Waals surface area contributed by atoms with Crippen LogP contribution in [0.4, 0.5) is 0 Å². The van der Waals surface area contributed by atoms with Crippen molar-refractivity contribution >= 4 is 5.97 Å². The summed E-state index contributed by atoms with van der Waals surface area (Å²) < 4.78 is 5.68. The van der Waals surface area contributed by atoms with Crippen molar-refractivity contribution in [1.82, 2.24) is 0 Å². The van der Waals surface area contributed by atoms with E-state index >= 15 is 0 Å². The van der Waals surface area contributed by atoms with E-state index in [0.29, 0.717) is 5.92 Å². The minimum absolute atomic E-state index is 0.0720. The molecule has 0 N–H and O–H groups in total. The van der Waals surface area contributed by atoms with E-state index in [-0.39, 0.29) is 18.0 Å². The van der Waals surface area contributed by atoms with Gasteiger partial charge in [0.15, 0.2) is 0 Å². The smallest absolute Gasteiger partial charge is 0.309 e. The lowest BCUT2D eigenvalue weighted by Crippen LogP contribution is -2.34. The van der Waals surface area contributed by atoms with Gasteiger partial charge in [-0.3, -0.25) is 4.79 Å². The topological polar surface area (TPSA) is 26.3 Å². The van der Waals surface area contributed by atoms with Crippen molar-refractivity contribution in [3.63, 3.8) is 0 Å². The van der Waals surface area contributed by atoms with Crippen molar-refractivity contribution in [2.24, 2.45) is 23.7 Å². The summed E-state index contributed by atoms with van der Waals surface area (Å²) in [5.41, 5.74) is 0. The summed E-state index contributed by atoms with van der Waals surface area (Å²) in [6.45, 7) is 11.0. The normalized spacial score (nSPS) is 27.8. The first-order valence-electron chi connectivity index (χ1n) is 8.23. The molecule has 1 aliphatic rings. The van der Waals surface area contributed by atoms with Crippen molar-refractivity contribution < 1.29 is 9.53 Å². The molecule has 3 unspecified atom stereocenters. The monoisotopic (exact) mass is 268 g/mol. The number of carbonyl (C=O) groups is 1. The zero-order valence-electron chi connectivity index (χ0n) is 13.4. The van der Waals surface area contributed by atoms with Gasteiger partial charge in [0.1, 0.15) is 6.10 Å². The highest BCUT2D eigenvalue weighted by molar-refractivity contribution is 5.73. The standard InChI is InChI=1S/C17H32O2/c1-6-13-11-14(12(4)5)9-10-16(13)17(18)19-15(7-2)8-3/h12-16H,6-11H2,1-5H3. The SMILES string of the molecule is CCC(CC)OC(=O)C1CCC(C(C)C)CC1CC. The molecule has 112 valence electrons. The Hall–Kier alpha value is -0.530. The summed E-state index contributed by atoms with van der Waals surface area (Å²) in [5, 5.41) is 0. The molecule has 0 heterocycles. The number of hydrogen-bond donors (Lipinski definition) is 0. The third-order valence-corrected chi connectivity index (χ3v) is 4.99. The predicted molar refractivity (Wildman–Crippen MR) is 79.9 cm³/mol. The fourth-order valence-corrected chi connectivity index (χ4v) is 3.37. The van der Waals surface area contributed by atoms with Gasteiger partial charge in [-0.05, 0) is 49.9 Å². The number of ether oxygens (including phenoxy) is 1. The average molecular weight is 268 g/mol. The number of esters is 1. The van der Waals surface area contributed by atoms with Crippen LogP contribution in [0.3, 0.4) is 0 Å². The van der Waals surface area contributed by atoms with E-state index in [1.165, 1.54) is 12.8 Å². The second-order valence-corrected chi connectivity index (χ2v) is 6.47. The summed E-state index contributed by atoms with van der Waals surface area (Å²) in [7, 11) is 0. The van der Waals surface area contributed by atoms with Crippen LogP contribution in [-0.4, -0.2) is 12.1 Å². The Morgan fingerprint density at radius 1 is 1.16 bits per heavy atom. The zero-order chi connectivity index (χ0) is 14.4. The Morgan fingerprint density at radius 2 is 1.79 bits per heavy atom. The van der Waals surface area contributed by atoms with Crippen LogP contribution in [0.25, 0.3) is 0 Å². The third-order valence-electron chi connectivity index (χ3n) is 4.99. The van der Waals surface area contributed by atoms with Gasteiger partial charge < -0.3 is 4.74 Å². The van der Waals surface area contributed by atoms with Crippen molar-refractivity contribution in [2.45, 2.75) is 79.2 Å². The molecular weight excluding hydrogens is 236 g/mol. The molecule has 2 heteroatoms. The molecule has 0 bridgehead atoms. The molecule has 0 aromatic rings. The van der Waals surface area contributed by atoms with Gasteiger partial charge in [0.2, 0.25) is 0 Å². The first-order chi connectivity index (χ1) is 9.03. The van der Waals surface area contributed by atoms with Crippen LogP contribution in [0.15, 0.2) is 0 Å². The zero-order valence-corrected chi connectivity index (χ0v) is 13.4. The van der Waals surface area contributed by atoms with E-state index in [1.807, 2.05) is 0 Å². The van der Waals surface area contributed by atoms with E-state index in [4.69, 9.17) is 4.74 Å². The van der Waals surface area contributed by atoms with Gasteiger partial charge in [-0.2, -0.15) is 0 Å². The fraction of sp³-hybridized carbons (Fsp3) is 0.941. The highest BCUT2D eigenvalue weighted by Crippen LogP contribution is 2.39. The summed E-state index contributed by atoms with van der Waals surface area (Å²) >= 11 is 0. The summed E-state index contributed by atoms with van der Waals surface area (Å²) in [6, 6.07) is 0. The van der Waals surface area contributed by atoms with E-state index in [9.17, 15) is 4.79 Å². The largest absolute Gasteiger partial charge is 0.462 e. The second kappa shape index (κ2) is 7.91. The van der Waals surface area contributed by atoms with Crippen LogP contribution < -0.4 is 0 Å². The molecule has 3 atom stereocenters. The van der Waals surface area contributed by atoms with Crippen LogP contribution >= 0.6 is 0 Å². The molecule has 0 saturated heterocycles. The maximum atomic E-state index is 12.3. The molecule has 0 aliphatic heterocycles. The van der Waals surface area contributed by atoms with Gasteiger partial charge >= 0.3 is 5.97 Å². The molecule has 0 amide bonds. The van der Waals surface area contributed by atoms with Gasteiger partial charge in [0, 0.05) is 0 Å². The molecular formula is C17H32O2. The van der Waals surface area contributed by atoms with Crippen molar-refractivity contribution in [2.75, 3.05) is 0 Å². The van der Waals surface area contributed by atoms with Gasteiger partial charge in [0.25, 0.3) is 0 Å². The van der Waals surface area contributed by atoms with E-state index in [2.05, 4.69) is 34.6 Å². The summed E-state index contributed by atoms with van der Waals surface area (Å²) in [5.74, 6) is 2.29. The van der Waals surface area contributed by atoms with Crippen LogP contribution in [0, 0.1) is 23.7 Å². The third kappa shape index (κ3) is 4.50. The first-order valence-corrected chi connectivity index (χ1v) is 8.23. The Morgan fingerprint density at radius 3 is 2.26 bits per heavy atom. The van der Waals surface area contributed by atoms with Crippen LogP contribution in [0.5, 0.6) is 0 Å². The van der Waals surface area contributed by atoms with Gasteiger partial charge in [-0.1, -0.05) is 41.0 Å². The summed E-state index contributed by atoms with van der Waals surface area (Å²) in [4.78, 5) is 12.3. The molecule has 1 saturated carbocycles. The molecule has 19 heavy (non-hydrogen) atoms. The number of carbonyl (C=O) groups excluding carboxylic acids is 1. The fourth-order valence-electron chi connectivity index (χ4n) is 3.37. The summed E-state index contributed by atoms with van der Waals surface area (Å²) in [6.07, 6.45) is 6.51. The van der Waals surface area contributed by atoms with Crippen molar-refractivity contribution in [1.29, 1.82) is 0 Å². The quantitative estimate of drug-likeness (QED) is 0.646. The second-order valence-electron chi connectivity index (χ2n) is 6.47. The van der Waals surface area contributed by atoms with Crippen molar-refractivity contribution in [3.8, 4) is 0 Å². The maximum absolute atomic E-state index is 12.3. The Balaban J connectivity index is 2.59. The maximum Gasteiger partial charge on any atom is 0.309 e. The van der Waals surface area contributed by atoms with Gasteiger partial charge in [-0.25, -0.2) is 0 Å². The average Bonchev–Trinajstić information content (AvgIpc) is 2.43. The molecule has 0 aromatic heterocycles. The molecule has 0 spiro atoms. The molecule has 2 nitrogen and oxygen atoms in total. The predicted octanol–water partition coefficient (Wildman–Crippen LogP) is 4.82. The Labute approximate surface area is 119 Å². The first kappa shape index (κ1) is 16.5. The molecule has 1 aliphatic carbocycles. The molecule has 1 fully saturated rings.